The molecule has 0 spiro atoms. The quantitative estimate of drug-likeness (QED) is 0.166. The number of allylic oxidation sites excluding steroid dienone is 9. The fourth-order valence-corrected chi connectivity index (χ4v) is 9.06. The van der Waals surface area contributed by atoms with Crippen molar-refractivity contribution in [2.75, 3.05) is 0 Å². The Morgan fingerprint density at radius 1 is 0.607 bits per heavy atom. The predicted octanol–water partition coefficient (Wildman–Crippen LogP) is 11.3. The van der Waals surface area contributed by atoms with Gasteiger partial charge in [0.05, 0.1) is 23.7 Å². The molecule has 4 heteroatoms. The zero-order chi connectivity index (χ0) is 37.2. The first-order chi connectivity index (χ1) is 27.6. The maximum absolute atomic E-state index is 13.7. The summed E-state index contributed by atoms with van der Waals surface area (Å²) >= 11 is 0. The Hall–Kier alpha value is -6.75. The molecular weight excluding hydrogens is 686 g/mol. The van der Waals surface area contributed by atoms with Gasteiger partial charge in [0.1, 0.15) is 11.5 Å². The molecule has 0 amide bonds. The smallest absolute Gasteiger partial charge is 0.141 e. The SMILES string of the molecule is Fc1ccc(C2=CC=C(C3=NC4C=C(c5ccc(-c6cc(C7=CC=C[NH2+]7)cc(C7=NC=C7)c6)cc5)C=CC4c4c3c3ccccc3c3ccccc43)CC2)cc1. The van der Waals surface area contributed by atoms with Crippen molar-refractivity contribution < 1.29 is 9.71 Å². The van der Waals surface area contributed by atoms with Crippen molar-refractivity contribution in [2.24, 2.45) is 9.98 Å². The van der Waals surface area contributed by atoms with Crippen LogP contribution in [0.25, 0.3) is 49.5 Å². The number of fused-ring (bicyclic) bond motifs is 8. The lowest BCUT2D eigenvalue weighted by molar-refractivity contribution is -0.483. The molecule has 2 N–H and O–H groups in total. The van der Waals surface area contributed by atoms with Gasteiger partial charge in [-0.2, -0.15) is 0 Å². The number of rotatable bonds is 6. The van der Waals surface area contributed by atoms with E-state index in [0.717, 1.165) is 35.4 Å². The molecule has 0 saturated heterocycles. The molecule has 6 aromatic carbocycles. The van der Waals surface area contributed by atoms with Crippen LogP contribution in [0.4, 0.5) is 4.39 Å². The number of hydrogen-bond donors (Lipinski definition) is 1. The summed E-state index contributed by atoms with van der Waals surface area (Å²) in [6.45, 7) is 0. The molecule has 3 aliphatic heterocycles. The Morgan fingerprint density at radius 3 is 1.98 bits per heavy atom. The normalized spacial score (nSPS) is 19.4. The van der Waals surface area contributed by atoms with Gasteiger partial charge in [0, 0.05) is 34.9 Å². The number of hydrogen-bond acceptors (Lipinski definition) is 2. The van der Waals surface area contributed by atoms with E-state index in [4.69, 9.17) is 4.99 Å². The van der Waals surface area contributed by atoms with Crippen molar-refractivity contribution in [3.8, 4) is 11.1 Å². The lowest BCUT2D eigenvalue weighted by Gasteiger charge is -2.34. The number of quaternary nitrogens is 1. The molecule has 0 fully saturated rings. The summed E-state index contributed by atoms with van der Waals surface area (Å²) in [4.78, 5) is 10.2. The van der Waals surface area contributed by atoms with E-state index < -0.39 is 0 Å². The minimum atomic E-state index is -0.209. The van der Waals surface area contributed by atoms with Crippen molar-refractivity contribution in [2.45, 2.75) is 24.8 Å². The maximum atomic E-state index is 13.7. The summed E-state index contributed by atoms with van der Waals surface area (Å²) in [5.41, 5.74) is 16.5. The minimum absolute atomic E-state index is 0.0507. The second-order valence-corrected chi connectivity index (χ2v) is 15.1. The zero-order valence-electron chi connectivity index (χ0n) is 30.7. The molecule has 266 valence electrons. The Kier molecular flexibility index (Phi) is 7.71. The van der Waals surface area contributed by atoms with Gasteiger partial charge in [-0.25, -0.2) is 4.39 Å². The van der Waals surface area contributed by atoms with Crippen molar-refractivity contribution in [1.82, 2.24) is 0 Å². The van der Waals surface area contributed by atoms with E-state index >= 15 is 0 Å². The van der Waals surface area contributed by atoms with Crippen LogP contribution in [0.3, 0.4) is 0 Å². The summed E-state index contributed by atoms with van der Waals surface area (Å²) in [6, 6.07) is 40.2. The zero-order valence-corrected chi connectivity index (χ0v) is 30.7. The Bertz CT molecular complexity index is 2930. The number of nitrogens with two attached hydrogens (primary N) is 1. The van der Waals surface area contributed by atoms with Gasteiger partial charge in [-0.05, 0) is 121 Å². The fourth-order valence-electron chi connectivity index (χ4n) is 9.06. The molecule has 3 nitrogen and oxygen atoms in total. The molecule has 3 heterocycles. The molecule has 0 saturated carbocycles. The molecule has 2 aliphatic carbocycles. The van der Waals surface area contributed by atoms with E-state index in [-0.39, 0.29) is 17.8 Å². The molecule has 6 aromatic rings. The molecule has 0 bridgehead atoms. The van der Waals surface area contributed by atoms with E-state index in [1.165, 1.54) is 77.3 Å². The second-order valence-electron chi connectivity index (χ2n) is 15.1. The Balaban J connectivity index is 0.999. The Morgan fingerprint density at radius 2 is 1.27 bits per heavy atom. The highest BCUT2D eigenvalue weighted by Gasteiger charge is 2.35. The summed E-state index contributed by atoms with van der Waals surface area (Å²) in [7, 11) is 0. The lowest BCUT2D eigenvalue weighted by atomic mass is 9.74. The van der Waals surface area contributed by atoms with E-state index in [2.05, 4.69) is 156 Å². The molecule has 2 unspecified atom stereocenters. The first-order valence-corrected chi connectivity index (χ1v) is 19.4. The summed E-state index contributed by atoms with van der Waals surface area (Å²) in [5.74, 6) is -0.0968. The first-order valence-electron chi connectivity index (χ1n) is 19.4. The van der Waals surface area contributed by atoms with Crippen molar-refractivity contribution >= 4 is 49.8 Å². The largest absolute Gasteiger partial charge is 0.287 e. The molecular formula is C52H37FN3+. The molecule has 0 radical (unpaired) electrons. The van der Waals surface area contributed by atoms with Gasteiger partial charge in [0.15, 0.2) is 0 Å². The van der Waals surface area contributed by atoms with Crippen LogP contribution in [0.5, 0.6) is 0 Å². The molecule has 0 aromatic heterocycles. The maximum Gasteiger partial charge on any atom is 0.141 e. The fraction of sp³-hybridized carbons (Fsp3) is 0.0769. The summed E-state index contributed by atoms with van der Waals surface area (Å²) < 4.78 is 13.7. The lowest BCUT2D eigenvalue weighted by Crippen LogP contribution is -2.72. The topological polar surface area (TPSA) is 41.3 Å². The van der Waals surface area contributed by atoms with Gasteiger partial charge < -0.3 is 0 Å². The van der Waals surface area contributed by atoms with Crippen molar-refractivity contribution in [3.63, 3.8) is 0 Å². The van der Waals surface area contributed by atoms with Crippen molar-refractivity contribution in [1.29, 1.82) is 0 Å². The summed E-state index contributed by atoms with van der Waals surface area (Å²) in [5, 5.41) is 7.24. The third-order valence-corrected chi connectivity index (χ3v) is 11.9. The van der Waals surface area contributed by atoms with E-state index in [9.17, 15) is 4.39 Å². The number of benzene rings is 6. The molecule has 11 rings (SSSR count). The average molecular weight is 723 g/mol. The molecule has 56 heavy (non-hydrogen) atoms. The number of aliphatic imine (C=N–C) groups is 2. The van der Waals surface area contributed by atoms with E-state index in [0.29, 0.717) is 0 Å². The van der Waals surface area contributed by atoms with E-state index in [1.54, 1.807) is 12.1 Å². The Labute approximate surface area is 325 Å². The van der Waals surface area contributed by atoms with Crippen LogP contribution in [0.2, 0.25) is 0 Å². The number of halogens is 1. The van der Waals surface area contributed by atoms with Crippen LogP contribution in [0.1, 0.15) is 52.1 Å². The predicted molar refractivity (Wildman–Crippen MR) is 230 cm³/mol. The van der Waals surface area contributed by atoms with Crippen LogP contribution < -0.4 is 5.32 Å². The van der Waals surface area contributed by atoms with Gasteiger partial charge in [-0.1, -0.05) is 115 Å². The molecule has 5 aliphatic rings. The van der Waals surface area contributed by atoms with Gasteiger partial charge in [-0.3, -0.25) is 15.3 Å². The average Bonchev–Trinajstić information content (AvgIpc) is 3.79. The van der Waals surface area contributed by atoms with Gasteiger partial charge >= 0.3 is 0 Å². The standard InChI is InChI=1S/C52H36FN3/c53-41-22-19-33(20-23-41)32-15-17-36(18-16-32)52-51-45-9-4-2-7-43(45)42-6-1-3-8-44(42)50(51)46-24-21-37(31-49(46)56-52)34-11-13-35(14-12-34)38-28-39(47-10-5-26-54-47)30-40(29-38)48-25-27-55-48/h1-15,17,19-31,46,49,54H,16,18H2/p+1. The first kappa shape index (κ1) is 32.7. The highest BCUT2D eigenvalue weighted by atomic mass is 19.1. The number of nitrogens with zero attached hydrogens (tertiary/aromatic N) is 2. The van der Waals surface area contributed by atoms with Crippen LogP contribution in [-0.4, -0.2) is 17.5 Å². The van der Waals surface area contributed by atoms with E-state index in [1.807, 2.05) is 18.3 Å². The highest BCUT2D eigenvalue weighted by molar-refractivity contribution is 6.27. The minimum Gasteiger partial charge on any atom is -0.287 e. The second kappa shape index (κ2) is 13.2. The van der Waals surface area contributed by atoms with Gasteiger partial charge in [-0.15, -0.1) is 0 Å². The summed E-state index contributed by atoms with van der Waals surface area (Å²) in [6.07, 6.45) is 23.5. The van der Waals surface area contributed by atoms with Gasteiger partial charge in [0.2, 0.25) is 0 Å². The third-order valence-electron chi connectivity index (χ3n) is 11.9. The third kappa shape index (κ3) is 5.53. The van der Waals surface area contributed by atoms with Gasteiger partial charge in [0.25, 0.3) is 0 Å². The monoisotopic (exact) mass is 722 g/mol. The van der Waals surface area contributed by atoms with Crippen LogP contribution >= 0.6 is 0 Å². The van der Waals surface area contributed by atoms with Crippen LogP contribution in [-0.2, 0) is 0 Å². The molecule has 2 atom stereocenters. The highest BCUT2D eigenvalue weighted by Crippen LogP contribution is 2.47. The van der Waals surface area contributed by atoms with Crippen molar-refractivity contribution in [3.05, 3.63) is 221 Å². The van der Waals surface area contributed by atoms with Crippen LogP contribution in [0.15, 0.2) is 192 Å². The van der Waals surface area contributed by atoms with Crippen LogP contribution in [0, 0.1) is 5.82 Å².